The zero-order valence-electron chi connectivity index (χ0n) is 19.4. The van der Waals surface area contributed by atoms with Gasteiger partial charge in [0.25, 0.3) is 5.91 Å². The number of fused-ring (bicyclic) bond motifs is 3. The Morgan fingerprint density at radius 2 is 1.97 bits per heavy atom. The molecule has 2 saturated heterocycles. The first-order valence-corrected chi connectivity index (χ1v) is 12.2. The molecule has 2 aliphatic heterocycles. The number of aliphatic hydroxyl groups excluding tert-OH is 1. The molecule has 5 unspecified atom stereocenters. The van der Waals surface area contributed by atoms with Gasteiger partial charge in [-0.05, 0) is 50.5 Å². The lowest BCUT2D eigenvalue weighted by Crippen LogP contribution is -2.32. The highest BCUT2D eigenvalue weighted by Gasteiger charge is 2.46. The van der Waals surface area contributed by atoms with Crippen LogP contribution < -0.4 is 15.6 Å². The number of carbonyl (C=O) groups excluding carboxylic acids is 1. The number of H-pyrrole nitrogens is 1. The van der Waals surface area contributed by atoms with Crippen LogP contribution in [0.4, 0.5) is 24.5 Å². The number of carbonyl (C=O) groups is 1. The Hall–Kier alpha value is -2.84. The molecule has 5 rings (SSSR count). The summed E-state index contributed by atoms with van der Waals surface area (Å²) >= 11 is 0. The number of aliphatic hydroxyl groups is 1. The molecule has 0 saturated carbocycles. The minimum Gasteiger partial charge on any atom is -0.391 e. The number of alkyl halides is 3. The van der Waals surface area contributed by atoms with Gasteiger partial charge in [0.15, 0.2) is 7.85 Å². The second-order valence-electron chi connectivity index (χ2n) is 9.65. The van der Waals surface area contributed by atoms with Crippen molar-refractivity contribution >= 4 is 45.3 Å². The second kappa shape index (κ2) is 8.63. The molecule has 3 N–H and O–H groups in total. The summed E-state index contributed by atoms with van der Waals surface area (Å²) in [5, 5.41) is 10.7. The maximum absolute atomic E-state index is 14.7. The Morgan fingerprint density at radius 3 is 2.58 bits per heavy atom. The van der Waals surface area contributed by atoms with Crippen LogP contribution in [0.2, 0.25) is 0 Å². The molecule has 2 aromatic carbocycles. The molecule has 1 aromatic heterocycles. The number of nitrogens with one attached hydrogen (secondary N) is 2. The number of anilines is 2. The lowest BCUT2D eigenvalue weighted by atomic mass is 9.89. The number of aromatic nitrogens is 1. The maximum Gasteiger partial charge on any atom is 0.261 e. The van der Waals surface area contributed by atoms with E-state index < -0.39 is 34.2 Å². The smallest absolute Gasteiger partial charge is 0.261 e. The fourth-order valence-electron chi connectivity index (χ4n) is 5.47. The van der Waals surface area contributed by atoms with E-state index in [0.717, 1.165) is 12.8 Å². The molecule has 0 aliphatic carbocycles. The van der Waals surface area contributed by atoms with Gasteiger partial charge in [-0.2, -0.15) is 0 Å². The molecule has 36 heavy (non-hydrogen) atoms. The lowest BCUT2D eigenvalue weighted by Gasteiger charge is -2.27. The third kappa shape index (κ3) is 4.20. The summed E-state index contributed by atoms with van der Waals surface area (Å²) in [4.78, 5) is 31.0. The highest BCUT2D eigenvalue weighted by atomic mass is 31.0. The second-order valence-corrected chi connectivity index (χ2v) is 10.7. The molecule has 5 atom stereocenters. The third-order valence-corrected chi connectivity index (χ3v) is 7.40. The van der Waals surface area contributed by atoms with Crippen LogP contribution in [0.15, 0.2) is 47.4 Å². The number of amides is 1. The third-order valence-electron chi connectivity index (χ3n) is 7.09. The Balaban J connectivity index is 1.52. The number of rotatable bonds is 5. The SMILES string of the molecule is [B]C(F)(F)c1cc(N2C3CCC2C(O)C3)ccc1NC(=O)c1c[nH]c2cccc(C(C)(F)P)c2c1=O. The number of aromatic amines is 1. The van der Waals surface area contributed by atoms with Crippen molar-refractivity contribution in [3.05, 3.63) is 69.5 Å². The average molecular weight is 513 g/mol. The minimum atomic E-state index is -3.78. The van der Waals surface area contributed by atoms with E-state index in [-0.39, 0.29) is 34.3 Å². The van der Waals surface area contributed by atoms with Crippen molar-refractivity contribution in [2.45, 2.75) is 55.6 Å². The van der Waals surface area contributed by atoms with Crippen LogP contribution in [0.5, 0.6) is 0 Å². The largest absolute Gasteiger partial charge is 0.391 e. The Bertz CT molecular complexity index is 1420. The van der Waals surface area contributed by atoms with Crippen molar-refractivity contribution in [1.29, 1.82) is 0 Å². The molecule has 3 aromatic rings. The van der Waals surface area contributed by atoms with Crippen molar-refractivity contribution in [1.82, 2.24) is 4.98 Å². The highest BCUT2D eigenvalue weighted by molar-refractivity contribution is 7.18. The van der Waals surface area contributed by atoms with Crippen LogP contribution in [0.25, 0.3) is 10.9 Å². The molecule has 0 spiro atoms. The van der Waals surface area contributed by atoms with Crippen molar-refractivity contribution in [3.63, 3.8) is 0 Å². The number of hydrogen-bond acceptors (Lipinski definition) is 4. The first-order valence-electron chi connectivity index (χ1n) is 11.6. The zero-order chi connectivity index (χ0) is 26.0. The van der Waals surface area contributed by atoms with Crippen LogP contribution in [0, 0.1) is 0 Å². The predicted octanol–water partition coefficient (Wildman–Crippen LogP) is 4.12. The number of halogens is 3. The van der Waals surface area contributed by atoms with E-state index in [1.807, 2.05) is 14.1 Å². The van der Waals surface area contributed by atoms with Gasteiger partial charge in [0.05, 0.1) is 17.5 Å². The van der Waals surface area contributed by atoms with Gasteiger partial charge in [-0.1, -0.05) is 21.4 Å². The normalized spacial score (nSPS) is 23.2. The molecule has 3 heterocycles. The van der Waals surface area contributed by atoms with Crippen molar-refractivity contribution in [2.24, 2.45) is 0 Å². The Morgan fingerprint density at radius 1 is 1.22 bits per heavy atom. The number of hydrogen-bond donors (Lipinski definition) is 3. The summed E-state index contributed by atoms with van der Waals surface area (Å²) in [6.07, 6.45) is 2.83. The van der Waals surface area contributed by atoms with Crippen molar-refractivity contribution in [3.8, 4) is 0 Å². The Labute approximate surface area is 208 Å². The van der Waals surface area contributed by atoms with Crippen LogP contribution in [0.1, 0.15) is 47.7 Å². The maximum atomic E-state index is 14.7. The van der Waals surface area contributed by atoms with Gasteiger partial charge in [0, 0.05) is 40.3 Å². The van der Waals surface area contributed by atoms with Gasteiger partial charge < -0.3 is 20.3 Å². The monoisotopic (exact) mass is 513 g/mol. The molecular formula is C25H24BF3N3O3P. The van der Waals surface area contributed by atoms with Gasteiger partial charge in [0.2, 0.25) is 11.3 Å². The molecule has 11 heteroatoms. The van der Waals surface area contributed by atoms with E-state index in [9.17, 15) is 27.9 Å². The molecular weight excluding hydrogens is 489 g/mol. The highest BCUT2D eigenvalue weighted by Crippen LogP contribution is 2.43. The van der Waals surface area contributed by atoms with Crippen molar-refractivity contribution < 1.29 is 23.1 Å². The molecule has 1 amide bonds. The summed E-state index contributed by atoms with van der Waals surface area (Å²) in [5.74, 6) is -4.72. The van der Waals surface area contributed by atoms with E-state index in [0.29, 0.717) is 17.6 Å². The van der Waals surface area contributed by atoms with Crippen LogP contribution in [0.3, 0.4) is 0 Å². The van der Waals surface area contributed by atoms with E-state index in [4.69, 9.17) is 7.85 Å². The average Bonchev–Trinajstić information content (AvgIpc) is 3.34. The fraction of sp³-hybridized carbons (Fsp3) is 0.360. The zero-order valence-corrected chi connectivity index (χ0v) is 20.5. The van der Waals surface area contributed by atoms with Gasteiger partial charge >= 0.3 is 0 Å². The molecule has 2 fully saturated rings. The first kappa shape index (κ1) is 24.8. The summed E-state index contributed by atoms with van der Waals surface area (Å²) in [7, 11) is 7.17. The standard InChI is InChI=1S/C25H24BF3N3O3P/c1-24(27,36)15-3-2-4-18-21(15)22(34)14(11-30-18)23(35)31-17-7-5-12(9-16(17)25(26,28)29)32-13-6-8-19(32)20(33)10-13/h2-5,7,9,11,13,19-20,33H,6,8,10,36H2,1H3,(H,30,34)(H,31,35). The van der Waals surface area contributed by atoms with Crippen LogP contribution in [-0.4, -0.2) is 42.0 Å². The quantitative estimate of drug-likeness (QED) is 0.354. The fourth-order valence-corrected chi connectivity index (χ4v) is 5.71. The molecule has 6 nitrogen and oxygen atoms in total. The number of pyridine rings is 1. The molecule has 2 bridgehead atoms. The Kier molecular flexibility index (Phi) is 5.96. The van der Waals surface area contributed by atoms with Crippen LogP contribution in [-0.2, 0) is 11.2 Å². The summed E-state index contributed by atoms with van der Waals surface area (Å²) in [5.41, 5.74) is -1.08. The van der Waals surface area contributed by atoms with Crippen LogP contribution >= 0.6 is 9.24 Å². The van der Waals surface area contributed by atoms with Gasteiger partial charge in [-0.3, -0.25) is 9.59 Å². The molecule has 2 radical (unpaired) electrons. The number of benzene rings is 2. The van der Waals surface area contributed by atoms with Gasteiger partial charge in [0.1, 0.15) is 11.0 Å². The lowest BCUT2D eigenvalue weighted by molar-refractivity contribution is 0.0945. The van der Waals surface area contributed by atoms with Crippen molar-refractivity contribution in [2.75, 3.05) is 10.2 Å². The predicted molar refractivity (Wildman–Crippen MR) is 137 cm³/mol. The summed E-state index contributed by atoms with van der Waals surface area (Å²) in [6.45, 7) is 1.27. The molecule has 2 aliphatic rings. The van der Waals surface area contributed by atoms with E-state index in [1.54, 1.807) is 18.2 Å². The number of nitrogens with zero attached hydrogens (tertiary/aromatic N) is 1. The summed E-state index contributed by atoms with van der Waals surface area (Å²) < 4.78 is 43.6. The molecule has 186 valence electrons. The topological polar surface area (TPSA) is 85.4 Å². The van der Waals surface area contributed by atoms with E-state index >= 15 is 0 Å². The van der Waals surface area contributed by atoms with E-state index in [1.165, 1.54) is 31.3 Å². The van der Waals surface area contributed by atoms with Gasteiger partial charge in [-0.25, -0.2) is 13.2 Å². The minimum absolute atomic E-state index is 0.00653. The summed E-state index contributed by atoms with van der Waals surface area (Å²) in [6, 6.07) is 8.61. The van der Waals surface area contributed by atoms with E-state index in [2.05, 4.69) is 10.3 Å². The van der Waals surface area contributed by atoms with Gasteiger partial charge in [-0.15, -0.1) is 0 Å². The first-order chi connectivity index (χ1) is 16.9.